The van der Waals surface area contributed by atoms with Crippen LogP contribution in [0.25, 0.3) is 21.9 Å². The SMILES string of the molecule is COc1ccc2c(=O)n(CC3CCN(C(=O)O)CC3)c(C#N)c(-c3ccccc3)c2c1. The molecular formula is C24H23N3O4. The number of piperidine rings is 1. The molecule has 1 saturated heterocycles. The van der Waals surface area contributed by atoms with Gasteiger partial charge in [-0.2, -0.15) is 5.26 Å². The number of carbonyl (C=O) groups is 1. The number of fused-ring (bicyclic) bond motifs is 1. The summed E-state index contributed by atoms with van der Waals surface area (Å²) in [6, 6.07) is 17.1. The fraction of sp³-hybridized carbons (Fsp3) is 0.292. The van der Waals surface area contributed by atoms with E-state index < -0.39 is 6.09 Å². The highest BCUT2D eigenvalue weighted by Crippen LogP contribution is 2.33. The van der Waals surface area contributed by atoms with Gasteiger partial charge < -0.3 is 14.7 Å². The number of carboxylic acid groups (broad SMARTS) is 1. The van der Waals surface area contributed by atoms with Gasteiger partial charge in [-0.3, -0.25) is 9.36 Å². The Morgan fingerprint density at radius 1 is 1.16 bits per heavy atom. The highest BCUT2D eigenvalue weighted by Gasteiger charge is 2.25. The topological polar surface area (TPSA) is 95.6 Å². The van der Waals surface area contributed by atoms with Crippen molar-refractivity contribution < 1.29 is 14.6 Å². The van der Waals surface area contributed by atoms with Gasteiger partial charge in [-0.25, -0.2) is 4.79 Å². The lowest BCUT2D eigenvalue weighted by Gasteiger charge is -2.30. The normalized spacial score (nSPS) is 14.4. The minimum absolute atomic E-state index is 0.125. The lowest BCUT2D eigenvalue weighted by Crippen LogP contribution is -2.39. The highest BCUT2D eigenvalue weighted by molar-refractivity contribution is 5.99. The average Bonchev–Trinajstić information content (AvgIpc) is 2.81. The Morgan fingerprint density at radius 3 is 2.48 bits per heavy atom. The predicted molar refractivity (Wildman–Crippen MR) is 117 cm³/mol. The van der Waals surface area contributed by atoms with Crippen LogP contribution in [0.4, 0.5) is 4.79 Å². The molecule has 2 heterocycles. The van der Waals surface area contributed by atoms with Gasteiger partial charge >= 0.3 is 6.09 Å². The fourth-order valence-electron chi connectivity index (χ4n) is 4.31. The lowest BCUT2D eigenvalue weighted by molar-refractivity contribution is 0.121. The summed E-state index contributed by atoms with van der Waals surface area (Å²) < 4.78 is 6.93. The minimum atomic E-state index is -0.917. The van der Waals surface area contributed by atoms with Gasteiger partial charge in [0.15, 0.2) is 0 Å². The molecule has 0 saturated carbocycles. The molecule has 31 heavy (non-hydrogen) atoms. The van der Waals surface area contributed by atoms with Gasteiger partial charge in [-0.15, -0.1) is 0 Å². The first kappa shape index (κ1) is 20.5. The second-order valence-corrected chi connectivity index (χ2v) is 7.74. The fourth-order valence-corrected chi connectivity index (χ4v) is 4.31. The molecule has 0 aliphatic carbocycles. The van der Waals surface area contributed by atoms with E-state index in [-0.39, 0.29) is 11.5 Å². The summed E-state index contributed by atoms with van der Waals surface area (Å²) in [7, 11) is 1.57. The van der Waals surface area contributed by atoms with Crippen molar-refractivity contribution in [2.24, 2.45) is 5.92 Å². The molecule has 1 aliphatic heterocycles. The predicted octanol–water partition coefficient (Wildman–Crippen LogP) is 3.94. The number of pyridine rings is 1. The third-order valence-electron chi connectivity index (χ3n) is 5.97. The molecule has 158 valence electrons. The lowest BCUT2D eigenvalue weighted by atomic mass is 9.94. The van der Waals surface area contributed by atoms with Crippen LogP contribution in [-0.2, 0) is 6.54 Å². The Balaban J connectivity index is 1.86. The first-order valence-electron chi connectivity index (χ1n) is 10.2. The van der Waals surface area contributed by atoms with E-state index in [4.69, 9.17) is 4.74 Å². The summed E-state index contributed by atoms with van der Waals surface area (Å²) in [5, 5.41) is 20.5. The number of aromatic nitrogens is 1. The maximum Gasteiger partial charge on any atom is 0.407 e. The number of hydrogen-bond acceptors (Lipinski definition) is 4. The number of nitrogens with zero attached hydrogens (tertiary/aromatic N) is 3. The molecule has 7 heteroatoms. The van der Waals surface area contributed by atoms with Crippen LogP contribution >= 0.6 is 0 Å². The maximum absolute atomic E-state index is 13.4. The smallest absolute Gasteiger partial charge is 0.407 e. The Bertz CT molecular complexity index is 1220. The van der Waals surface area contributed by atoms with Crippen molar-refractivity contribution in [3.05, 3.63) is 64.6 Å². The minimum Gasteiger partial charge on any atom is -0.497 e. The second kappa shape index (κ2) is 8.52. The molecule has 4 rings (SSSR count). The molecule has 0 radical (unpaired) electrons. The van der Waals surface area contributed by atoms with Gasteiger partial charge in [0, 0.05) is 36.0 Å². The summed E-state index contributed by atoms with van der Waals surface area (Å²) in [5.74, 6) is 0.742. The summed E-state index contributed by atoms with van der Waals surface area (Å²) >= 11 is 0. The number of rotatable bonds is 4. The van der Waals surface area contributed by atoms with Crippen LogP contribution in [-0.4, -0.2) is 40.9 Å². The molecule has 1 N–H and O–H groups in total. The number of ether oxygens (including phenoxy) is 1. The maximum atomic E-state index is 13.4. The first-order chi connectivity index (χ1) is 15.0. The zero-order chi connectivity index (χ0) is 22.0. The molecule has 0 unspecified atom stereocenters. The van der Waals surface area contributed by atoms with E-state index >= 15 is 0 Å². The number of methoxy groups -OCH3 is 1. The zero-order valence-electron chi connectivity index (χ0n) is 17.2. The number of benzene rings is 2. The number of amides is 1. The molecule has 0 bridgehead atoms. The van der Waals surface area contributed by atoms with Crippen LogP contribution in [0.3, 0.4) is 0 Å². The van der Waals surface area contributed by atoms with Crippen molar-refractivity contribution >= 4 is 16.9 Å². The van der Waals surface area contributed by atoms with Gasteiger partial charge in [0.1, 0.15) is 17.5 Å². The largest absolute Gasteiger partial charge is 0.497 e. The monoisotopic (exact) mass is 417 g/mol. The van der Waals surface area contributed by atoms with Crippen molar-refractivity contribution in [3.8, 4) is 22.9 Å². The highest BCUT2D eigenvalue weighted by atomic mass is 16.5. The van der Waals surface area contributed by atoms with Crippen molar-refractivity contribution in [2.75, 3.05) is 20.2 Å². The molecule has 0 atom stereocenters. The number of nitriles is 1. The molecule has 1 fully saturated rings. The van der Waals surface area contributed by atoms with Crippen molar-refractivity contribution in [3.63, 3.8) is 0 Å². The van der Waals surface area contributed by atoms with Gasteiger partial charge in [0.05, 0.1) is 7.11 Å². The number of hydrogen-bond donors (Lipinski definition) is 1. The molecule has 2 aromatic carbocycles. The van der Waals surface area contributed by atoms with Crippen LogP contribution in [0.15, 0.2) is 53.3 Å². The van der Waals surface area contributed by atoms with Crippen molar-refractivity contribution in [1.29, 1.82) is 5.26 Å². The second-order valence-electron chi connectivity index (χ2n) is 7.74. The van der Waals surface area contributed by atoms with Gasteiger partial charge in [-0.05, 0) is 42.5 Å². The Kier molecular flexibility index (Phi) is 5.63. The molecular weight excluding hydrogens is 394 g/mol. The Hall–Kier alpha value is -3.79. The van der Waals surface area contributed by atoms with E-state index in [1.807, 2.05) is 30.3 Å². The summed E-state index contributed by atoms with van der Waals surface area (Å²) in [6.45, 7) is 1.26. The Morgan fingerprint density at radius 2 is 1.87 bits per heavy atom. The Labute approximate surface area is 179 Å². The molecule has 1 amide bonds. The summed E-state index contributed by atoms with van der Waals surface area (Å²) in [4.78, 5) is 26.0. The van der Waals surface area contributed by atoms with Crippen LogP contribution in [0.5, 0.6) is 5.75 Å². The first-order valence-corrected chi connectivity index (χ1v) is 10.2. The van der Waals surface area contributed by atoms with Gasteiger partial charge in [-0.1, -0.05) is 30.3 Å². The summed E-state index contributed by atoms with van der Waals surface area (Å²) in [6.07, 6.45) is 0.398. The quantitative estimate of drug-likeness (QED) is 0.694. The van der Waals surface area contributed by atoms with E-state index in [9.17, 15) is 20.0 Å². The van der Waals surface area contributed by atoms with E-state index in [1.54, 1.807) is 29.9 Å². The standard InChI is InChI=1S/C24H23N3O4/c1-31-18-7-8-19-20(13-18)22(17-5-3-2-4-6-17)21(14-25)27(23(19)28)15-16-9-11-26(12-10-16)24(29)30/h2-8,13,16H,9-12,15H2,1H3,(H,29,30). The van der Waals surface area contributed by atoms with E-state index in [0.29, 0.717) is 60.3 Å². The van der Waals surface area contributed by atoms with Crippen LogP contribution < -0.4 is 10.3 Å². The zero-order valence-corrected chi connectivity index (χ0v) is 17.2. The number of likely N-dealkylation sites (tertiary alicyclic amines) is 1. The average molecular weight is 417 g/mol. The van der Waals surface area contributed by atoms with E-state index in [2.05, 4.69) is 6.07 Å². The van der Waals surface area contributed by atoms with Crippen LogP contribution in [0.2, 0.25) is 0 Å². The van der Waals surface area contributed by atoms with Crippen LogP contribution in [0, 0.1) is 17.2 Å². The third kappa shape index (κ3) is 3.84. The third-order valence-corrected chi connectivity index (χ3v) is 5.97. The molecule has 1 aliphatic rings. The van der Waals surface area contributed by atoms with Crippen molar-refractivity contribution in [1.82, 2.24) is 9.47 Å². The van der Waals surface area contributed by atoms with E-state index in [1.165, 1.54) is 4.90 Å². The van der Waals surface area contributed by atoms with Gasteiger partial charge in [0.2, 0.25) is 0 Å². The molecule has 7 nitrogen and oxygen atoms in total. The molecule has 3 aromatic rings. The van der Waals surface area contributed by atoms with Gasteiger partial charge in [0.25, 0.3) is 5.56 Å². The summed E-state index contributed by atoms with van der Waals surface area (Å²) in [5.41, 5.74) is 1.67. The molecule has 0 spiro atoms. The van der Waals surface area contributed by atoms with E-state index in [0.717, 1.165) is 5.56 Å². The van der Waals surface area contributed by atoms with Crippen LogP contribution in [0.1, 0.15) is 18.5 Å². The van der Waals surface area contributed by atoms with Crippen molar-refractivity contribution in [2.45, 2.75) is 19.4 Å². The molecule has 1 aromatic heterocycles.